The van der Waals surface area contributed by atoms with Crippen LogP contribution >= 0.6 is 12.4 Å². The molecule has 4 N–H and O–H groups in total. The Hall–Kier alpha value is -1.68. The fourth-order valence-corrected chi connectivity index (χ4v) is 4.27. The van der Waals surface area contributed by atoms with Gasteiger partial charge >= 0.3 is 0 Å². The van der Waals surface area contributed by atoms with Gasteiger partial charge in [-0.05, 0) is 37.1 Å². The number of likely N-dealkylation sites (N-methyl/N-ethyl adjacent to an activating group) is 1. The van der Waals surface area contributed by atoms with Crippen LogP contribution in [-0.2, 0) is 19.6 Å². The number of hydrogen-bond acceptors (Lipinski definition) is 5. The van der Waals surface area contributed by atoms with E-state index in [1.807, 2.05) is 0 Å². The summed E-state index contributed by atoms with van der Waals surface area (Å²) in [5.74, 6) is -0.603. The van der Waals surface area contributed by atoms with Crippen LogP contribution in [0.25, 0.3) is 0 Å². The molecule has 8 nitrogen and oxygen atoms in total. The standard InChI is InChI=1S/C17H26N4O4S.ClH/c1-13(22)19-14-5-7-15(8-6-14)26(24,25)21(2)11-16(23)20-17(12-18)9-3-4-10-17;/h5-8H,3-4,9-12,18H2,1-2H3,(H,19,22)(H,20,23);1H. The molecule has 1 aromatic carbocycles. The average molecular weight is 419 g/mol. The number of halogens is 1. The number of nitrogens with one attached hydrogen (secondary N) is 2. The number of hydrogen-bond donors (Lipinski definition) is 3. The van der Waals surface area contributed by atoms with E-state index >= 15 is 0 Å². The lowest BCUT2D eigenvalue weighted by molar-refractivity contribution is -0.123. The number of benzene rings is 1. The van der Waals surface area contributed by atoms with Crippen molar-refractivity contribution in [3.8, 4) is 0 Å². The van der Waals surface area contributed by atoms with Gasteiger partial charge in [-0.25, -0.2) is 8.42 Å². The Morgan fingerprint density at radius 1 is 1.19 bits per heavy atom. The van der Waals surface area contributed by atoms with Crippen molar-refractivity contribution < 1.29 is 18.0 Å². The van der Waals surface area contributed by atoms with Gasteiger partial charge in [0, 0.05) is 26.2 Å². The highest BCUT2D eigenvalue weighted by Gasteiger charge is 2.34. The van der Waals surface area contributed by atoms with Crippen molar-refractivity contribution in [3.63, 3.8) is 0 Å². The summed E-state index contributed by atoms with van der Waals surface area (Å²) in [5.41, 5.74) is 5.88. The van der Waals surface area contributed by atoms with E-state index in [4.69, 9.17) is 5.73 Å². The Labute approximate surface area is 166 Å². The van der Waals surface area contributed by atoms with Gasteiger partial charge in [-0.2, -0.15) is 4.31 Å². The van der Waals surface area contributed by atoms with Crippen molar-refractivity contribution in [3.05, 3.63) is 24.3 Å². The van der Waals surface area contributed by atoms with Gasteiger partial charge in [0.2, 0.25) is 21.8 Å². The number of carbonyl (C=O) groups is 2. The number of nitrogens with two attached hydrogens (primary N) is 1. The number of anilines is 1. The predicted molar refractivity (Wildman–Crippen MR) is 106 cm³/mol. The minimum absolute atomic E-state index is 0. The second-order valence-electron chi connectivity index (χ2n) is 6.71. The maximum atomic E-state index is 12.6. The Morgan fingerprint density at radius 3 is 2.22 bits per heavy atom. The van der Waals surface area contributed by atoms with Gasteiger partial charge in [0.05, 0.1) is 17.0 Å². The van der Waals surface area contributed by atoms with E-state index in [2.05, 4.69) is 10.6 Å². The van der Waals surface area contributed by atoms with Crippen LogP contribution in [0.5, 0.6) is 0 Å². The molecule has 152 valence electrons. The quantitative estimate of drug-likeness (QED) is 0.611. The molecule has 0 saturated heterocycles. The van der Waals surface area contributed by atoms with E-state index in [0.717, 1.165) is 30.0 Å². The van der Waals surface area contributed by atoms with Crippen LogP contribution < -0.4 is 16.4 Å². The molecule has 0 heterocycles. The van der Waals surface area contributed by atoms with Gasteiger partial charge in [-0.3, -0.25) is 9.59 Å². The molecule has 0 unspecified atom stereocenters. The van der Waals surface area contributed by atoms with Crippen molar-refractivity contribution in [1.82, 2.24) is 9.62 Å². The Kier molecular flexibility index (Phi) is 8.22. The molecule has 0 aromatic heterocycles. The highest BCUT2D eigenvalue weighted by molar-refractivity contribution is 7.89. The minimum Gasteiger partial charge on any atom is -0.348 e. The SMILES string of the molecule is CC(=O)Nc1ccc(S(=O)(=O)N(C)CC(=O)NC2(CN)CCCC2)cc1.Cl. The first kappa shape index (κ1) is 23.4. The van der Waals surface area contributed by atoms with E-state index in [0.29, 0.717) is 12.2 Å². The fourth-order valence-electron chi connectivity index (χ4n) is 3.15. The largest absolute Gasteiger partial charge is 0.348 e. The van der Waals surface area contributed by atoms with Gasteiger partial charge in [0.25, 0.3) is 0 Å². The molecular formula is C17H27ClN4O4S. The normalized spacial score (nSPS) is 15.9. The summed E-state index contributed by atoms with van der Waals surface area (Å²) in [6.07, 6.45) is 3.64. The monoisotopic (exact) mass is 418 g/mol. The molecule has 1 aliphatic rings. The average Bonchev–Trinajstić information content (AvgIpc) is 3.03. The minimum atomic E-state index is -3.81. The molecule has 1 saturated carbocycles. The lowest BCUT2D eigenvalue weighted by atomic mass is 9.98. The molecule has 0 spiro atoms. The maximum absolute atomic E-state index is 12.6. The van der Waals surface area contributed by atoms with Crippen molar-refractivity contribution in [2.24, 2.45) is 5.73 Å². The Balaban J connectivity index is 0.00000364. The second-order valence-corrected chi connectivity index (χ2v) is 8.75. The van der Waals surface area contributed by atoms with Gasteiger partial charge in [0.15, 0.2) is 0 Å². The van der Waals surface area contributed by atoms with Gasteiger partial charge < -0.3 is 16.4 Å². The highest BCUT2D eigenvalue weighted by atomic mass is 35.5. The first-order valence-electron chi connectivity index (χ1n) is 8.54. The van der Waals surface area contributed by atoms with Crippen LogP contribution in [0, 0.1) is 0 Å². The first-order valence-corrected chi connectivity index (χ1v) is 9.98. The zero-order valence-electron chi connectivity index (χ0n) is 15.5. The molecule has 1 aromatic rings. The van der Waals surface area contributed by atoms with Crippen molar-refractivity contribution in [2.75, 3.05) is 25.5 Å². The van der Waals surface area contributed by atoms with Gasteiger partial charge in [-0.15, -0.1) is 12.4 Å². The van der Waals surface area contributed by atoms with E-state index in [9.17, 15) is 18.0 Å². The molecule has 0 atom stereocenters. The molecule has 0 bridgehead atoms. The highest BCUT2D eigenvalue weighted by Crippen LogP contribution is 2.28. The smallest absolute Gasteiger partial charge is 0.243 e. The first-order chi connectivity index (χ1) is 12.2. The summed E-state index contributed by atoms with van der Waals surface area (Å²) in [6, 6.07) is 5.80. The number of sulfonamides is 1. The molecule has 0 radical (unpaired) electrons. The predicted octanol–water partition coefficient (Wildman–Crippen LogP) is 1.07. The topological polar surface area (TPSA) is 122 Å². The van der Waals surface area contributed by atoms with Gasteiger partial charge in [0.1, 0.15) is 0 Å². The molecule has 0 aliphatic heterocycles. The fraction of sp³-hybridized carbons (Fsp3) is 0.529. The molecule has 10 heteroatoms. The van der Waals surface area contributed by atoms with E-state index in [1.54, 1.807) is 0 Å². The molecular weight excluding hydrogens is 392 g/mol. The third-order valence-corrected chi connectivity index (χ3v) is 6.42. The van der Waals surface area contributed by atoms with Crippen LogP contribution in [0.3, 0.4) is 0 Å². The zero-order valence-corrected chi connectivity index (χ0v) is 17.2. The second kappa shape index (κ2) is 9.50. The third kappa shape index (κ3) is 5.90. The summed E-state index contributed by atoms with van der Waals surface area (Å²) in [7, 11) is -2.45. The zero-order chi connectivity index (χ0) is 19.4. The number of nitrogens with zero attached hydrogens (tertiary/aromatic N) is 1. The summed E-state index contributed by atoms with van der Waals surface area (Å²) >= 11 is 0. The van der Waals surface area contributed by atoms with Crippen LogP contribution in [0.4, 0.5) is 5.69 Å². The summed E-state index contributed by atoms with van der Waals surface area (Å²) in [4.78, 5) is 23.4. The number of amides is 2. The number of carbonyl (C=O) groups excluding carboxylic acids is 2. The summed E-state index contributed by atoms with van der Waals surface area (Å²) in [6.45, 7) is 1.44. The Morgan fingerprint density at radius 2 is 1.74 bits per heavy atom. The van der Waals surface area contributed by atoms with E-state index < -0.39 is 15.6 Å². The van der Waals surface area contributed by atoms with Crippen LogP contribution in [0.1, 0.15) is 32.6 Å². The van der Waals surface area contributed by atoms with E-state index in [1.165, 1.54) is 38.2 Å². The number of rotatable bonds is 7. The summed E-state index contributed by atoms with van der Waals surface area (Å²) < 4.78 is 26.3. The molecule has 1 fully saturated rings. The lowest BCUT2D eigenvalue weighted by Crippen LogP contribution is -2.54. The molecule has 1 aliphatic carbocycles. The molecule has 2 amide bonds. The van der Waals surface area contributed by atoms with Gasteiger partial charge in [-0.1, -0.05) is 12.8 Å². The maximum Gasteiger partial charge on any atom is 0.243 e. The lowest BCUT2D eigenvalue weighted by Gasteiger charge is -2.29. The van der Waals surface area contributed by atoms with Crippen molar-refractivity contribution >= 4 is 39.9 Å². The molecule has 2 rings (SSSR count). The molecule has 27 heavy (non-hydrogen) atoms. The van der Waals surface area contributed by atoms with Crippen LogP contribution in [-0.4, -0.2) is 50.2 Å². The Bertz CT molecular complexity index is 762. The van der Waals surface area contributed by atoms with Crippen LogP contribution in [0.2, 0.25) is 0 Å². The van der Waals surface area contributed by atoms with Crippen molar-refractivity contribution in [2.45, 2.75) is 43.0 Å². The third-order valence-electron chi connectivity index (χ3n) is 4.61. The summed E-state index contributed by atoms with van der Waals surface area (Å²) in [5, 5.41) is 5.48. The van der Waals surface area contributed by atoms with E-state index in [-0.39, 0.29) is 35.7 Å². The van der Waals surface area contributed by atoms with Crippen molar-refractivity contribution in [1.29, 1.82) is 0 Å². The van der Waals surface area contributed by atoms with Crippen LogP contribution in [0.15, 0.2) is 29.2 Å².